The summed E-state index contributed by atoms with van der Waals surface area (Å²) >= 11 is 0. The first kappa shape index (κ1) is 13.2. The smallest absolute Gasteiger partial charge is 0.145 e. The highest BCUT2D eigenvalue weighted by molar-refractivity contribution is 5.87. The molecule has 1 unspecified atom stereocenters. The number of para-hydroxylation sites is 4. The van der Waals surface area contributed by atoms with Crippen molar-refractivity contribution in [1.82, 2.24) is 9.55 Å². The summed E-state index contributed by atoms with van der Waals surface area (Å²) in [4.78, 5) is 4.88. The highest BCUT2D eigenvalue weighted by atomic mass is 15.2. The molecule has 3 N–H and O–H groups in total. The third-order valence-electron chi connectivity index (χ3n) is 4.60. The van der Waals surface area contributed by atoms with Crippen LogP contribution in [-0.2, 0) is 0 Å². The second kappa shape index (κ2) is 4.86. The standard InChI is InChI=1S/C20H16N4/c21-15-9-3-1-7-13(15)19-22-16-10-4-2-8-14(16)20-23-17-11-5-6-12-18(17)24(19)20/h1-12,19,22H,21H2. The molecule has 1 atom stereocenters. The lowest BCUT2D eigenvalue weighted by Gasteiger charge is -2.31. The number of nitrogens with one attached hydrogen (secondary N) is 1. The fourth-order valence-electron chi connectivity index (χ4n) is 3.49. The van der Waals surface area contributed by atoms with Gasteiger partial charge >= 0.3 is 0 Å². The van der Waals surface area contributed by atoms with Crippen molar-refractivity contribution in [3.05, 3.63) is 78.4 Å². The van der Waals surface area contributed by atoms with Crippen LogP contribution in [0.1, 0.15) is 11.7 Å². The maximum atomic E-state index is 6.27. The van der Waals surface area contributed by atoms with E-state index in [1.54, 1.807) is 0 Å². The first-order valence-electron chi connectivity index (χ1n) is 8.00. The Balaban J connectivity index is 1.86. The fourth-order valence-corrected chi connectivity index (χ4v) is 3.49. The molecule has 0 fully saturated rings. The molecule has 0 aliphatic carbocycles. The SMILES string of the molecule is Nc1ccccc1C1Nc2ccccc2-c2nc3ccccc3n21. The second-order valence-electron chi connectivity index (χ2n) is 6.02. The van der Waals surface area contributed by atoms with Gasteiger partial charge in [0.15, 0.2) is 0 Å². The van der Waals surface area contributed by atoms with Gasteiger partial charge in [-0.25, -0.2) is 4.98 Å². The lowest BCUT2D eigenvalue weighted by atomic mass is 10.0. The van der Waals surface area contributed by atoms with Crippen LogP contribution in [0.5, 0.6) is 0 Å². The quantitative estimate of drug-likeness (QED) is 0.516. The van der Waals surface area contributed by atoms with Gasteiger partial charge in [0, 0.05) is 22.5 Å². The first-order valence-corrected chi connectivity index (χ1v) is 8.00. The average molecular weight is 312 g/mol. The molecule has 24 heavy (non-hydrogen) atoms. The van der Waals surface area contributed by atoms with Gasteiger partial charge in [-0.05, 0) is 30.3 Å². The third-order valence-corrected chi connectivity index (χ3v) is 4.60. The summed E-state index contributed by atoms with van der Waals surface area (Å²) in [6, 6.07) is 24.5. The number of rotatable bonds is 1. The van der Waals surface area contributed by atoms with Gasteiger partial charge in [0.2, 0.25) is 0 Å². The molecule has 2 heterocycles. The van der Waals surface area contributed by atoms with Crippen LogP contribution in [0.15, 0.2) is 72.8 Å². The van der Waals surface area contributed by atoms with Crippen molar-refractivity contribution in [2.45, 2.75) is 6.17 Å². The number of nitrogens with two attached hydrogens (primary N) is 1. The number of nitrogens with zero attached hydrogens (tertiary/aromatic N) is 2. The highest BCUT2D eigenvalue weighted by Crippen LogP contribution is 2.41. The maximum absolute atomic E-state index is 6.27. The molecule has 0 amide bonds. The van der Waals surface area contributed by atoms with Gasteiger partial charge in [0.05, 0.1) is 11.0 Å². The van der Waals surface area contributed by atoms with Gasteiger partial charge in [-0.2, -0.15) is 0 Å². The molecular weight excluding hydrogens is 296 g/mol. The minimum atomic E-state index is -0.0801. The van der Waals surface area contributed by atoms with Crippen molar-refractivity contribution in [2.75, 3.05) is 11.1 Å². The number of anilines is 2. The molecule has 116 valence electrons. The topological polar surface area (TPSA) is 55.9 Å². The van der Waals surface area contributed by atoms with E-state index >= 15 is 0 Å². The molecular formula is C20H16N4. The zero-order chi connectivity index (χ0) is 16.1. The summed E-state index contributed by atoms with van der Waals surface area (Å²) in [5.74, 6) is 0.971. The van der Waals surface area contributed by atoms with Crippen molar-refractivity contribution in [1.29, 1.82) is 0 Å². The molecule has 0 saturated carbocycles. The van der Waals surface area contributed by atoms with Crippen LogP contribution in [0, 0.1) is 0 Å². The summed E-state index contributed by atoms with van der Waals surface area (Å²) in [5.41, 5.74) is 12.4. The minimum absolute atomic E-state index is 0.0801. The normalized spacial score (nSPS) is 15.6. The molecule has 4 aromatic rings. The average Bonchev–Trinajstić information content (AvgIpc) is 3.01. The zero-order valence-electron chi connectivity index (χ0n) is 13.0. The van der Waals surface area contributed by atoms with E-state index in [4.69, 9.17) is 10.7 Å². The largest absolute Gasteiger partial charge is 0.398 e. The summed E-state index contributed by atoms with van der Waals surface area (Å²) in [7, 11) is 0. The number of aromatic nitrogens is 2. The lowest BCUT2D eigenvalue weighted by molar-refractivity contribution is 0.671. The van der Waals surface area contributed by atoms with Crippen LogP contribution >= 0.6 is 0 Å². The number of benzene rings is 3. The Hall–Kier alpha value is -3.27. The molecule has 0 saturated heterocycles. The van der Waals surface area contributed by atoms with Gasteiger partial charge < -0.3 is 11.1 Å². The lowest BCUT2D eigenvalue weighted by Crippen LogP contribution is -2.25. The third kappa shape index (κ3) is 1.77. The van der Waals surface area contributed by atoms with E-state index in [2.05, 4.69) is 40.2 Å². The van der Waals surface area contributed by atoms with Crippen molar-refractivity contribution >= 4 is 22.4 Å². The summed E-state index contributed by atoms with van der Waals surface area (Å²) in [6.07, 6.45) is -0.0801. The van der Waals surface area contributed by atoms with Crippen LogP contribution < -0.4 is 11.1 Å². The number of fused-ring (bicyclic) bond motifs is 5. The Morgan fingerprint density at radius 2 is 1.62 bits per heavy atom. The predicted octanol–water partition coefficient (Wildman–Crippen LogP) is 4.26. The second-order valence-corrected chi connectivity index (χ2v) is 6.02. The van der Waals surface area contributed by atoms with Crippen molar-refractivity contribution in [2.24, 2.45) is 0 Å². The van der Waals surface area contributed by atoms with Gasteiger partial charge in [0.25, 0.3) is 0 Å². The number of hydrogen-bond donors (Lipinski definition) is 2. The van der Waals surface area contributed by atoms with E-state index in [9.17, 15) is 0 Å². The molecule has 0 spiro atoms. The molecule has 0 radical (unpaired) electrons. The van der Waals surface area contributed by atoms with E-state index in [1.807, 2.05) is 42.5 Å². The fraction of sp³-hybridized carbons (Fsp3) is 0.0500. The van der Waals surface area contributed by atoms with Gasteiger partial charge in [-0.1, -0.05) is 42.5 Å². The van der Waals surface area contributed by atoms with Crippen LogP contribution in [-0.4, -0.2) is 9.55 Å². The van der Waals surface area contributed by atoms with Crippen LogP contribution in [0.25, 0.3) is 22.4 Å². The summed E-state index contributed by atoms with van der Waals surface area (Å²) in [5, 5.41) is 3.63. The van der Waals surface area contributed by atoms with Gasteiger partial charge in [-0.3, -0.25) is 4.57 Å². The molecule has 0 bridgehead atoms. The molecule has 3 aromatic carbocycles. The number of imidazole rings is 1. The van der Waals surface area contributed by atoms with Crippen molar-refractivity contribution in [3.63, 3.8) is 0 Å². The van der Waals surface area contributed by atoms with Crippen molar-refractivity contribution < 1.29 is 0 Å². The van der Waals surface area contributed by atoms with E-state index in [1.165, 1.54) is 0 Å². The molecule has 1 aliphatic heterocycles. The van der Waals surface area contributed by atoms with Crippen LogP contribution in [0.3, 0.4) is 0 Å². The molecule has 4 nitrogen and oxygen atoms in total. The van der Waals surface area contributed by atoms with Gasteiger partial charge in [0.1, 0.15) is 12.0 Å². The molecule has 1 aromatic heterocycles. The zero-order valence-corrected chi connectivity index (χ0v) is 13.0. The highest BCUT2D eigenvalue weighted by Gasteiger charge is 2.28. The van der Waals surface area contributed by atoms with Crippen molar-refractivity contribution in [3.8, 4) is 11.4 Å². The minimum Gasteiger partial charge on any atom is -0.398 e. The number of hydrogen-bond acceptors (Lipinski definition) is 3. The Morgan fingerprint density at radius 1 is 0.875 bits per heavy atom. The Labute approximate surface area is 139 Å². The van der Waals surface area contributed by atoms with Crippen LogP contribution in [0.2, 0.25) is 0 Å². The summed E-state index contributed by atoms with van der Waals surface area (Å²) in [6.45, 7) is 0. The first-order chi connectivity index (χ1) is 11.8. The van der Waals surface area contributed by atoms with Crippen LogP contribution in [0.4, 0.5) is 11.4 Å². The number of nitrogen functional groups attached to an aromatic ring is 1. The molecule has 5 rings (SSSR count). The Kier molecular flexibility index (Phi) is 2.67. The molecule has 4 heteroatoms. The van der Waals surface area contributed by atoms with E-state index in [-0.39, 0.29) is 6.17 Å². The van der Waals surface area contributed by atoms with E-state index in [0.29, 0.717) is 0 Å². The van der Waals surface area contributed by atoms with E-state index < -0.39 is 0 Å². The Morgan fingerprint density at radius 3 is 2.54 bits per heavy atom. The Bertz CT molecular complexity index is 1060. The van der Waals surface area contributed by atoms with Gasteiger partial charge in [-0.15, -0.1) is 0 Å². The summed E-state index contributed by atoms with van der Waals surface area (Å²) < 4.78 is 2.24. The monoisotopic (exact) mass is 312 g/mol. The maximum Gasteiger partial charge on any atom is 0.145 e. The molecule has 1 aliphatic rings. The predicted molar refractivity (Wildman–Crippen MR) is 97.8 cm³/mol. The van der Waals surface area contributed by atoms with E-state index in [0.717, 1.165) is 39.4 Å².